The molecule has 1 saturated carbocycles. The predicted octanol–water partition coefficient (Wildman–Crippen LogP) is 5.43. The van der Waals surface area contributed by atoms with Gasteiger partial charge in [0.25, 0.3) is 0 Å². The summed E-state index contributed by atoms with van der Waals surface area (Å²) in [6.07, 6.45) is 8.62. The van der Waals surface area contributed by atoms with Crippen LogP contribution in [0.4, 0.5) is 10.1 Å². The van der Waals surface area contributed by atoms with E-state index in [1.54, 1.807) is 0 Å². The molecule has 0 amide bonds. The van der Waals surface area contributed by atoms with Crippen molar-refractivity contribution in [3.05, 3.63) is 28.0 Å². The SMILES string of the molecule is Fc1cc(Cl)c(NCC2CCC3(CCCCC3)O2)c(Cl)c1. The lowest BCUT2D eigenvalue weighted by atomic mass is 9.83. The number of nitrogens with one attached hydrogen (secondary N) is 1. The number of rotatable bonds is 3. The third-order valence-electron chi connectivity index (χ3n) is 4.62. The molecule has 2 aliphatic rings. The van der Waals surface area contributed by atoms with Crippen LogP contribution in [-0.4, -0.2) is 18.2 Å². The van der Waals surface area contributed by atoms with Crippen LogP contribution in [-0.2, 0) is 4.74 Å². The molecule has 0 aromatic heterocycles. The Hall–Kier alpha value is -0.510. The zero-order chi connectivity index (χ0) is 14.9. The molecule has 1 unspecified atom stereocenters. The van der Waals surface area contributed by atoms with Gasteiger partial charge in [0.05, 0.1) is 27.4 Å². The van der Waals surface area contributed by atoms with Crippen LogP contribution in [0.3, 0.4) is 0 Å². The van der Waals surface area contributed by atoms with E-state index in [2.05, 4.69) is 5.32 Å². The van der Waals surface area contributed by atoms with Gasteiger partial charge in [-0.25, -0.2) is 4.39 Å². The Balaban J connectivity index is 1.59. The Bertz CT molecular complexity index is 494. The van der Waals surface area contributed by atoms with Crippen molar-refractivity contribution in [2.45, 2.75) is 56.7 Å². The highest BCUT2D eigenvalue weighted by molar-refractivity contribution is 6.39. The lowest BCUT2D eigenvalue weighted by molar-refractivity contribution is -0.0588. The second-order valence-corrected chi connectivity index (χ2v) is 6.96. The normalized spacial score (nSPS) is 24.4. The van der Waals surface area contributed by atoms with E-state index < -0.39 is 5.82 Å². The Kier molecular flexibility index (Phi) is 4.63. The summed E-state index contributed by atoms with van der Waals surface area (Å²) >= 11 is 12.1. The molecule has 1 aromatic carbocycles. The first-order valence-corrected chi connectivity index (χ1v) is 8.40. The van der Waals surface area contributed by atoms with Crippen molar-refractivity contribution in [3.63, 3.8) is 0 Å². The number of halogens is 3. The molecule has 5 heteroatoms. The van der Waals surface area contributed by atoms with Gasteiger partial charge in [-0.05, 0) is 37.8 Å². The highest BCUT2D eigenvalue weighted by atomic mass is 35.5. The van der Waals surface area contributed by atoms with Gasteiger partial charge in [0.15, 0.2) is 0 Å². The molecule has 2 fully saturated rings. The van der Waals surface area contributed by atoms with E-state index in [0.717, 1.165) is 12.8 Å². The van der Waals surface area contributed by atoms with Crippen molar-refractivity contribution in [3.8, 4) is 0 Å². The largest absolute Gasteiger partial charge is 0.380 e. The Morgan fingerprint density at radius 3 is 2.48 bits per heavy atom. The first-order chi connectivity index (χ1) is 10.1. The van der Waals surface area contributed by atoms with E-state index >= 15 is 0 Å². The fourth-order valence-electron chi connectivity index (χ4n) is 3.53. The minimum atomic E-state index is -0.422. The van der Waals surface area contributed by atoms with E-state index in [-0.39, 0.29) is 11.7 Å². The molecule has 1 N–H and O–H groups in total. The van der Waals surface area contributed by atoms with Crippen LogP contribution < -0.4 is 5.32 Å². The van der Waals surface area contributed by atoms with Crippen molar-refractivity contribution in [2.24, 2.45) is 0 Å². The summed E-state index contributed by atoms with van der Waals surface area (Å²) in [6, 6.07) is 2.54. The molecular weight excluding hydrogens is 312 g/mol. The van der Waals surface area contributed by atoms with E-state index in [9.17, 15) is 4.39 Å². The molecule has 3 rings (SSSR count). The molecule has 1 aliphatic heterocycles. The van der Waals surface area contributed by atoms with Crippen LogP contribution in [0.1, 0.15) is 44.9 Å². The van der Waals surface area contributed by atoms with Gasteiger partial charge in [0, 0.05) is 6.54 Å². The number of anilines is 1. The maximum Gasteiger partial charge on any atom is 0.126 e. The van der Waals surface area contributed by atoms with Crippen molar-refractivity contribution in [2.75, 3.05) is 11.9 Å². The fourth-order valence-corrected chi connectivity index (χ4v) is 4.12. The molecule has 1 aliphatic carbocycles. The Labute approximate surface area is 135 Å². The zero-order valence-corrected chi connectivity index (χ0v) is 13.4. The molecule has 0 radical (unpaired) electrons. The number of hydrogen-bond donors (Lipinski definition) is 1. The quantitative estimate of drug-likeness (QED) is 0.797. The molecule has 1 spiro atoms. The molecule has 2 nitrogen and oxygen atoms in total. The minimum Gasteiger partial charge on any atom is -0.380 e. The van der Waals surface area contributed by atoms with Crippen LogP contribution >= 0.6 is 23.2 Å². The summed E-state index contributed by atoms with van der Waals surface area (Å²) in [4.78, 5) is 0. The van der Waals surface area contributed by atoms with E-state index in [1.165, 1.54) is 44.2 Å². The summed E-state index contributed by atoms with van der Waals surface area (Å²) in [6.45, 7) is 0.660. The maximum atomic E-state index is 13.2. The van der Waals surface area contributed by atoms with E-state index in [1.807, 2.05) is 0 Å². The van der Waals surface area contributed by atoms with Crippen molar-refractivity contribution >= 4 is 28.9 Å². The molecule has 1 atom stereocenters. The van der Waals surface area contributed by atoms with Gasteiger partial charge in [-0.15, -0.1) is 0 Å². The fraction of sp³-hybridized carbons (Fsp3) is 0.625. The van der Waals surface area contributed by atoms with Crippen LogP contribution in [0.5, 0.6) is 0 Å². The molecule has 1 heterocycles. The van der Waals surface area contributed by atoms with Gasteiger partial charge in [-0.2, -0.15) is 0 Å². The number of benzene rings is 1. The van der Waals surface area contributed by atoms with Crippen LogP contribution in [0.2, 0.25) is 10.0 Å². The van der Waals surface area contributed by atoms with Gasteiger partial charge in [0.1, 0.15) is 5.82 Å². The van der Waals surface area contributed by atoms with Gasteiger partial charge in [-0.3, -0.25) is 0 Å². The summed E-state index contributed by atoms with van der Waals surface area (Å²) in [7, 11) is 0. The van der Waals surface area contributed by atoms with Gasteiger partial charge < -0.3 is 10.1 Å². The van der Waals surface area contributed by atoms with Gasteiger partial charge in [-0.1, -0.05) is 42.5 Å². The monoisotopic (exact) mass is 331 g/mol. The van der Waals surface area contributed by atoms with E-state index in [0.29, 0.717) is 22.3 Å². The van der Waals surface area contributed by atoms with E-state index in [4.69, 9.17) is 27.9 Å². The smallest absolute Gasteiger partial charge is 0.126 e. The Morgan fingerprint density at radius 2 is 1.81 bits per heavy atom. The summed E-state index contributed by atoms with van der Waals surface area (Å²) in [5.41, 5.74) is 0.703. The van der Waals surface area contributed by atoms with Crippen molar-refractivity contribution in [1.82, 2.24) is 0 Å². The average Bonchev–Trinajstić information content (AvgIpc) is 2.81. The lowest BCUT2D eigenvalue weighted by Crippen LogP contribution is -2.33. The van der Waals surface area contributed by atoms with Crippen LogP contribution in [0.15, 0.2) is 12.1 Å². The van der Waals surface area contributed by atoms with Crippen molar-refractivity contribution < 1.29 is 9.13 Å². The molecule has 0 bridgehead atoms. The number of ether oxygens (including phenoxy) is 1. The van der Waals surface area contributed by atoms with Gasteiger partial charge in [0.2, 0.25) is 0 Å². The third kappa shape index (κ3) is 3.46. The summed E-state index contributed by atoms with van der Waals surface area (Å²) in [5, 5.41) is 3.84. The third-order valence-corrected chi connectivity index (χ3v) is 5.21. The molecule has 21 heavy (non-hydrogen) atoms. The topological polar surface area (TPSA) is 21.3 Å². The van der Waals surface area contributed by atoms with Crippen molar-refractivity contribution in [1.29, 1.82) is 0 Å². The summed E-state index contributed by atoms with van der Waals surface area (Å²) in [5.74, 6) is -0.422. The molecule has 1 saturated heterocycles. The first kappa shape index (κ1) is 15.4. The predicted molar refractivity (Wildman–Crippen MR) is 84.8 cm³/mol. The maximum absolute atomic E-state index is 13.2. The average molecular weight is 332 g/mol. The lowest BCUT2D eigenvalue weighted by Gasteiger charge is -2.33. The van der Waals surface area contributed by atoms with Crippen LogP contribution in [0, 0.1) is 5.82 Å². The standard InChI is InChI=1S/C16H20Cl2FNO/c17-13-8-11(19)9-14(18)15(13)20-10-12-4-7-16(21-12)5-2-1-3-6-16/h8-9,12,20H,1-7,10H2. The second-order valence-electron chi connectivity index (χ2n) is 6.15. The molecular formula is C16H20Cl2FNO. The first-order valence-electron chi connectivity index (χ1n) is 7.64. The van der Waals surface area contributed by atoms with Crippen LogP contribution in [0.25, 0.3) is 0 Å². The minimum absolute atomic E-state index is 0.112. The second kappa shape index (κ2) is 6.31. The van der Waals surface area contributed by atoms with Gasteiger partial charge >= 0.3 is 0 Å². The highest BCUT2D eigenvalue weighted by Gasteiger charge is 2.40. The highest BCUT2D eigenvalue weighted by Crippen LogP contribution is 2.42. The Morgan fingerprint density at radius 1 is 1.14 bits per heavy atom. The molecule has 1 aromatic rings. The zero-order valence-electron chi connectivity index (χ0n) is 11.9. The number of hydrogen-bond acceptors (Lipinski definition) is 2. The summed E-state index contributed by atoms with van der Waals surface area (Å²) < 4.78 is 19.5. The molecule has 116 valence electrons.